The molecule has 0 bridgehead atoms. The van der Waals surface area contributed by atoms with Gasteiger partial charge in [0.1, 0.15) is 17.9 Å². The smallest absolute Gasteiger partial charge is 0.138 e. The molecule has 0 aromatic carbocycles. The fourth-order valence-corrected chi connectivity index (χ4v) is 3.10. The summed E-state index contributed by atoms with van der Waals surface area (Å²) in [5, 5.41) is 0. The molecule has 0 atom stereocenters. The highest BCUT2D eigenvalue weighted by molar-refractivity contribution is 5.80. The lowest BCUT2D eigenvalue weighted by molar-refractivity contribution is 0.115. The van der Waals surface area contributed by atoms with Crippen LogP contribution in [0, 0.1) is 5.92 Å². The molecule has 2 N–H and O–H groups in total. The van der Waals surface area contributed by atoms with Crippen molar-refractivity contribution in [2.24, 2.45) is 11.8 Å². The molecule has 20 heavy (non-hydrogen) atoms. The summed E-state index contributed by atoms with van der Waals surface area (Å²) in [5.74, 6) is 6.70. The van der Waals surface area contributed by atoms with Crippen molar-refractivity contribution in [1.82, 2.24) is 14.5 Å². The van der Waals surface area contributed by atoms with Crippen LogP contribution in [0.2, 0.25) is 0 Å². The predicted molar refractivity (Wildman–Crippen MR) is 78.0 cm³/mol. The van der Waals surface area contributed by atoms with Crippen LogP contribution in [0.3, 0.4) is 0 Å². The first-order valence-electron chi connectivity index (χ1n) is 7.38. The molecule has 0 saturated heterocycles. The third-order valence-corrected chi connectivity index (χ3v) is 3.90. The highest BCUT2D eigenvalue weighted by Crippen LogP contribution is 2.28. The second kappa shape index (κ2) is 5.50. The van der Waals surface area contributed by atoms with Gasteiger partial charge in [0, 0.05) is 12.2 Å². The van der Waals surface area contributed by atoms with Crippen molar-refractivity contribution in [1.29, 1.82) is 0 Å². The van der Waals surface area contributed by atoms with Crippen LogP contribution in [0.4, 0.5) is 0 Å². The Morgan fingerprint density at radius 3 is 2.90 bits per heavy atom. The van der Waals surface area contributed by atoms with Gasteiger partial charge in [0.25, 0.3) is 0 Å². The fourth-order valence-electron chi connectivity index (χ4n) is 3.10. The summed E-state index contributed by atoms with van der Waals surface area (Å²) >= 11 is 0. The fraction of sp³-hybridized carbons (Fsp3) is 0.600. The van der Waals surface area contributed by atoms with E-state index < -0.39 is 0 Å². The molecule has 0 spiro atoms. The summed E-state index contributed by atoms with van der Waals surface area (Å²) < 4.78 is 2.28. The number of hydrogen-bond acceptors (Lipinski definition) is 4. The van der Waals surface area contributed by atoms with Gasteiger partial charge in [-0.1, -0.05) is 13.8 Å². The lowest BCUT2D eigenvalue weighted by Crippen LogP contribution is -2.13. The number of nitrogens with zero attached hydrogens (tertiary/aromatic N) is 3. The molecule has 108 valence electrons. The zero-order chi connectivity index (χ0) is 14.1. The maximum Gasteiger partial charge on any atom is 0.138 e. The van der Waals surface area contributed by atoms with Crippen LogP contribution < -0.4 is 5.90 Å². The number of rotatable bonds is 4. The summed E-state index contributed by atoms with van der Waals surface area (Å²) in [5.41, 5.74) is 4.84. The molecule has 5 nitrogen and oxygen atoms in total. The minimum Gasteiger partial charge on any atom is -0.325 e. The van der Waals surface area contributed by atoms with Crippen molar-refractivity contribution in [3.05, 3.63) is 23.3 Å². The van der Waals surface area contributed by atoms with Gasteiger partial charge < -0.3 is 4.57 Å². The first-order chi connectivity index (χ1) is 9.70. The van der Waals surface area contributed by atoms with E-state index in [1.54, 1.807) is 0 Å². The molecule has 2 heterocycles. The van der Waals surface area contributed by atoms with Crippen molar-refractivity contribution in [3.8, 4) is 0 Å². The van der Waals surface area contributed by atoms with Crippen molar-refractivity contribution < 1.29 is 4.84 Å². The Kier molecular flexibility index (Phi) is 3.72. The van der Waals surface area contributed by atoms with E-state index in [1.807, 2.05) is 6.20 Å². The lowest BCUT2D eigenvalue weighted by atomic mass is 9.95. The van der Waals surface area contributed by atoms with Crippen LogP contribution in [0.1, 0.15) is 43.8 Å². The molecule has 0 aliphatic heterocycles. The number of imidazole rings is 1. The summed E-state index contributed by atoms with van der Waals surface area (Å²) in [6.07, 6.45) is 6.57. The zero-order valence-corrected chi connectivity index (χ0v) is 12.2. The predicted octanol–water partition coefficient (Wildman–Crippen LogP) is 2.36. The quantitative estimate of drug-likeness (QED) is 0.869. The minimum absolute atomic E-state index is 0.343. The van der Waals surface area contributed by atoms with Crippen LogP contribution in [-0.4, -0.2) is 14.5 Å². The van der Waals surface area contributed by atoms with E-state index in [0.29, 0.717) is 12.5 Å². The monoisotopic (exact) mass is 274 g/mol. The summed E-state index contributed by atoms with van der Waals surface area (Å²) in [7, 11) is 0. The van der Waals surface area contributed by atoms with Crippen molar-refractivity contribution in [2.75, 3.05) is 0 Å². The largest absolute Gasteiger partial charge is 0.325 e. The van der Waals surface area contributed by atoms with Crippen LogP contribution in [0.25, 0.3) is 11.0 Å². The second-order valence-corrected chi connectivity index (χ2v) is 5.97. The average molecular weight is 274 g/mol. The molecule has 1 aliphatic carbocycles. The van der Waals surface area contributed by atoms with E-state index in [9.17, 15) is 0 Å². The third-order valence-electron chi connectivity index (χ3n) is 3.90. The number of aryl methyl sites for hydroxylation is 2. The Morgan fingerprint density at radius 1 is 1.35 bits per heavy atom. The lowest BCUT2D eigenvalue weighted by Gasteiger charge is -2.18. The first kappa shape index (κ1) is 13.5. The molecule has 0 radical (unpaired) electrons. The average Bonchev–Trinajstić information content (AvgIpc) is 2.77. The maximum absolute atomic E-state index is 5.25. The number of pyridine rings is 1. The highest BCUT2D eigenvalue weighted by Gasteiger charge is 2.20. The van der Waals surface area contributed by atoms with Crippen LogP contribution in [0.5, 0.6) is 0 Å². The van der Waals surface area contributed by atoms with Crippen LogP contribution in [-0.2, 0) is 30.8 Å². The van der Waals surface area contributed by atoms with E-state index in [1.165, 1.54) is 29.6 Å². The Hall–Kier alpha value is -1.46. The van der Waals surface area contributed by atoms with Gasteiger partial charge in [-0.05, 0) is 37.2 Å². The van der Waals surface area contributed by atoms with E-state index >= 15 is 0 Å². The molecule has 3 rings (SSSR count). The number of fused-ring (bicyclic) bond motifs is 3. The molecular formula is C15H22N4O. The molecule has 1 aliphatic rings. The molecule has 2 aromatic rings. The van der Waals surface area contributed by atoms with Gasteiger partial charge in [0.2, 0.25) is 0 Å². The van der Waals surface area contributed by atoms with E-state index in [0.717, 1.165) is 30.7 Å². The zero-order valence-electron chi connectivity index (χ0n) is 12.2. The van der Waals surface area contributed by atoms with Gasteiger partial charge in [-0.3, -0.25) is 9.82 Å². The molecule has 2 aromatic heterocycles. The first-order valence-corrected chi connectivity index (χ1v) is 7.38. The van der Waals surface area contributed by atoms with Crippen molar-refractivity contribution in [3.63, 3.8) is 0 Å². The van der Waals surface area contributed by atoms with Gasteiger partial charge in [-0.15, -0.1) is 0 Å². The Bertz CT molecular complexity index is 618. The normalized spacial score (nSPS) is 15.0. The van der Waals surface area contributed by atoms with E-state index in [2.05, 4.69) is 28.4 Å². The summed E-state index contributed by atoms with van der Waals surface area (Å²) in [6.45, 7) is 5.71. The summed E-state index contributed by atoms with van der Waals surface area (Å²) in [4.78, 5) is 14.1. The molecule has 0 unspecified atom stereocenters. The Morgan fingerprint density at radius 2 is 2.15 bits per heavy atom. The van der Waals surface area contributed by atoms with Crippen LogP contribution in [0.15, 0.2) is 6.20 Å². The van der Waals surface area contributed by atoms with Crippen molar-refractivity contribution in [2.45, 2.75) is 52.7 Å². The van der Waals surface area contributed by atoms with Crippen LogP contribution >= 0.6 is 0 Å². The SMILES string of the molecule is CC(C)Cn1c(CON)nc2cnc3c(c21)CCCC3. The molecule has 5 heteroatoms. The minimum atomic E-state index is 0.343. The number of nitrogens with two attached hydrogens (primary N) is 1. The molecule has 0 amide bonds. The molecule has 0 saturated carbocycles. The highest BCUT2D eigenvalue weighted by atomic mass is 16.6. The Labute approximate surface area is 119 Å². The number of hydrogen-bond donors (Lipinski definition) is 1. The van der Waals surface area contributed by atoms with Gasteiger partial charge in [0.05, 0.1) is 11.7 Å². The van der Waals surface area contributed by atoms with Gasteiger partial charge in [-0.2, -0.15) is 0 Å². The third kappa shape index (κ3) is 2.31. The standard InChI is InChI=1S/C15H22N4O/c1-10(2)8-19-14(9-20-16)18-13-7-17-12-6-4-3-5-11(12)15(13)19/h7,10H,3-6,8-9,16H2,1-2H3. The second-order valence-electron chi connectivity index (χ2n) is 5.97. The Balaban J connectivity index is 2.20. The van der Waals surface area contributed by atoms with Gasteiger partial charge in [-0.25, -0.2) is 10.9 Å². The van der Waals surface area contributed by atoms with Gasteiger partial charge >= 0.3 is 0 Å². The number of aromatic nitrogens is 3. The van der Waals surface area contributed by atoms with Crippen molar-refractivity contribution >= 4 is 11.0 Å². The van der Waals surface area contributed by atoms with Gasteiger partial charge in [0.15, 0.2) is 0 Å². The molecule has 0 fully saturated rings. The van der Waals surface area contributed by atoms with E-state index in [-0.39, 0.29) is 0 Å². The van der Waals surface area contributed by atoms with E-state index in [4.69, 9.17) is 10.7 Å². The summed E-state index contributed by atoms with van der Waals surface area (Å²) in [6, 6.07) is 0. The molecular weight excluding hydrogens is 252 g/mol. The maximum atomic E-state index is 5.25. The topological polar surface area (TPSA) is 66.0 Å².